The molecule has 5 heteroatoms. The minimum Gasteiger partial charge on any atom is -0.338 e. The molecule has 86 valence electrons. The van der Waals surface area contributed by atoms with Crippen molar-refractivity contribution < 1.29 is 13.2 Å². The van der Waals surface area contributed by atoms with Crippen LogP contribution in [0.2, 0.25) is 0 Å². The van der Waals surface area contributed by atoms with Crippen molar-refractivity contribution in [2.24, 2.45) is 0 Å². The van der Waals surface area contributed by atoms with Gasteiger partial charge in [0.2, 0.25) is 0 Å². The number of hydrogen-bond donors (Lipinski definition) is 0. The molecule has 1 aromatic carbocycles. The van der Waals surface area contributed by atoms with E-state index in [0.717, 1.165) is 15.4 Å². The summed E-state index contributed by atoms with van der Waals surface area (Å²) in [6, 6.07) is 5.35. The lowest BCUT2D eigenvalue weighted by Crippen LogP contribution is -2.16. The van der Waals surface area contributed by atoms with Crippen LogP contribution in [0.4, 0.5) is 13.2 Å². The van der Waals surface area contributed by atoms with E-state index in [1.165, 1.54) is 10.8 Å². The molecule has 1 aromatic heterocycles. The fraction of sp³-hybridized carbons (Fsp3) is 0.273. The Morgan fingerprint density at radius 3 is 2.62 bits per heavy atom. The topological polar surface area (TPSA) is 4.93 Å². The molecule has 2 rings (SSSR count). The summed E-state index contributed by atoms with van der Waals surface area (Å²) >= 11 is 3.26. The van der Waals surface area contributed by atoms with Gasteiger partial charge in [-0.2, -0.15) is 13.2 Å². The van der Waals surface area contributed by atoms with Crippen LogP contribution in [0.5, 0.6) is 0 Å². The maximum absolute atomic E-state index is 12.3. The first kappa shape index (κ1) is 11.5. The van der Waals surface area contributed by atoms with Gasteiger partial charge < -0.3 is 4.57 Å². The lowest BCUT2D eigenvalue weighted by Gasteiger charge is -2.08. The minimum absolute atomic E-state index is 0.601. The molecule has 0 atom stereocenters. The van der Waals surface area contributed by atoms with Crippen LogP contribution in [0.25, 0.3) is 10.9 Å². The molecule has 16 heavy (non-hydrogen) atoms. The first-order chi connectivity index (χ1) is 7.37. The van der Waals surface area contributed by atoms with Gasteiger partial charge in [0.25, 0.3) is 0 Å². The minimum atomic E-state index is -4.19. The van der Waals surface area contributed by atoms with Crippen molar-refractivity contribution in [2.45, 2.75) is 19.6 Å². The summed E-state index contributed by atoms with van der Waals surface area (Å²) in [5.74, 6) is 0. The number of nitrogens with zero attached hydrogens (tertiary/aromatic N) is 1. The van der Waals surface area contributed by atoms with E-state index in [9.17, 15) is 13.2 Å². The van der Waals surface area contributed by atoms with E-state index in [0.29, 0.717) is 5.52 Å². The molecule has 0 N–H and O–H groups in total. The summed E-state index contributed by atoms with van der Waals surface area (Å²) in [5.41, 5.74) is 1.45. The lowest BCUT2D eigenvalue weighted by molar-refractivity contribution is -0.139. The Morgan fingerprint density at radius 1 is 1.31 bits per heavy atom. The standard InChI is InChI=1S/C11H9BrF3N/c1-7-5-16(6-11(13,14)15)10-4-8(12)2-3-9(7)10/h2-5H,6H2,1H3. The Morgan fingerprint density at radius 2 is 2.00 bits per heavy atom. The lowest BCUT2D eigenvalue weighted by atomic mass is 10.2. The van der Waals surface area contributed by atoms with Gasteiger partial charge in [-0.25, -0.2) is 0 Å². The molecular formula is C11H9BrF3N. The summed E-state index contributed by atoms with van der Waals surface area (Å²) in [5, 5.41) is 0.854. The second-order valence-corrected chi connectivity index (χ2v) is 4.63. The zero-order valence-electron chi connectivity index (χ0n) is 8.48. The third kappa shape index (κ3) is 2.24. The molecule has 0 radical (unpaired) electrons. The quantitative estimate of drug-likeness (QED) is 0.739. The van der Waals surface area contributed by atoms with Crippen LogP contribution in [-0.2, 0) is 6.54 Å². The van der Waals surface area contributed by atoms with E-state index >= 15 is 0 Å². The first-order valence-electron chi connectivity index (χ1n) is 4.68. The highest BCUT2D eigenvalue weighted by Gasteiger charge is 2.28. The van der Waals surface area contributed by atoms with E-state index < -0.39 is 12.7 Å². The van der Waals surface area contributed by atoms with E-state index in [4.69, 9.17) is 0 Å². The van der Waals surface area contributed by atoms with Gasteiger partial charge in [-0.1, -0.05) is 22.0 Å². The molecule has 0 spiro atoms. The number of benzene rings is 1. The third-order valence-corrected chi connectivity index (χ3v) is 2.89. The summed E-state index contributed by atoms with van der Waals surface area (Å²) in [4.78, 5) is 0. The molecule has 0 saturated heterocycles. The number of hydrogen-bond acceptors (Lipinski definition) is 0. The third-order valence-electron chi connectivity index (χ3n) is 2.39. The van der Waals surface area contributed by atoms with Crippen LogP contribution >= 0.6 is 15.9 Å². The average Bonchev–Trinajstić information content (AvgIpc) is 2.40. The molecule has 2 aromatic rings. The maximum atomic E-state index is 12.3. The SMILES string of the molecule is Cc1cn(CC(F)(F)F)c2cc(Br)ccc12. The number of aromatic nitrogens is 1. The number of fused-ring (bicyclic) bond motifs is 1. The maximum Gasteiger partial charge on any atom is 0.406 e. The van der Waals surface area contributed by atoms with Crippen molar-refractivity contribution in [1.29, 1.82) is 0 Å². The predicted molar refractivity (Wildman–Crippen MR) is 60.4 cm³/mol. The summed E-state index contributed by atoms with van der Waals surface area (Å²) < 4.78 is 39.1. The molecule has 1 heterocycles. The molecule has 0 amide bonds. The molecular weight excluding hydrogens is 283 g/mol. The van der Waals surface area contributed by atoms with Crippen molar-refractivity contribution in [1.82, 2.24) is 4.57 Å². The molecule has 0 aliphatic heterocycles. The van der Waals surface area contributed by atoms with E-state index in [-0.39, 0.29) is 0 Å². The fourth-order valence-corrected chi connectivity index (χ4v) is 2.12. The molecule has 0 aliphatic rings. The average molecular weight is 292 g/mol. The number of alkyl halides is 3. The molecule has 0 aliphatic carbocycles. The molecule has 0 saturated carbocycles. The van der Waals surface area contributed by atoms with Crippen molar-refractivity contribution >= 4 is 26.8 Å². The van der Waals surface area contributed by atoms with Crippen molar-refractivity contribution in [3.63, 3.8) is 0 Å². The normalized spacial score (nSPS) is 12.3. The van der Waals surface area contributed by atoms with E-state index in [2.05, 4.69) is 15.9 Å². The van der Waals surface area contributed by atoms with Crippen molar-refractivity contribution in [2.75, 3.05) is 0 Å². The highest BCUT2D eigenvalue weighted by Crippen LogP contribution is 2.27. The van der Waals surface area contributed by atoms with Crippen molar-refractivity contribution in [3.05, 3.63) is 34.4 Å². The fourth-order valence-electron chi connectivity index (χ4n) is 1.77. The highest BCUT2D eigenvalue weighted by atomic mass is 79.9. The highest BCUT2D eigenvalue weighted by molar-refractivity contribution is 9.10. The van der Waals surface area contributed by atoms with Gasteiger partial charge in [0.1, 0.15) is 6.54 Å². The smallest absolute Gasteiger partial charge is 0.338 e. The Hall–Kier alpha value is -0.970. The van der Waals surface area contributed by atoms with Gasteiger partial charge in [0.05, 0.1) is 0 Å². The zero-order valence-corrected chi connectivity index (χ0v) is 10.1. The number of aryl methyl sites for hydroxylation is 1. The second kappa shape index (κ2) is 3.80. The van der Waals surface area contributed by atoms with Gasteiger partial charge in [-0.15, -0.1) is 0 Å². The van der Waals surface area contributed by atoms with Gasteiger partial charge in [0.15, 0.2) is 0 Å². The molecule has 0 unspecified atom stereocenters. The molecule has 0 bridgehead atoms. The summed E-state index contributed by atoms with van der Waals surface area (Å²) in [6.07, 6.45) is -2.66. The second-order valence-electron chi connectivity index (χ2n) is 3.72. The molecule has 1 nitrogen and oxygen atoms in total. The van der Waals surface area contributed by atoms with E-state index in [1.807, 2.05) is 19.1 Å². The monoisotopic (exact) mass is 291 g/mol. The predicted octanol–water partition coefficient (Wildman–Crippen LogP) is 4.27. The van der Waals surface area contributed by atoms with Crippen LogP contribution in [-0.4, -0.2) is 10.7 Å². The van der Waals surface area contributed by atoms with E-state index in [1.54, 1.807) is 6.07 Å². The van der Waals surface area contributed by atoms with Crippen LogP contribution in [0.3, 0.4) is 0 Å². The van der Waals surface area contributed by atoms with Crippen LogP contribution in [0.15, 0.2) is 28.9 Å². The Kier molecular flexibility index (Phi) is 2.74. The van der Waals surface area contributed by atoms with Gasteiger partial charge >= 0.3 is 6.18 Å². The zero-order chi connectivity index (χ0) is 11.9. The van der Waals surface area contributed by atoms with Gasteiger partial charge in [0, 0.05) is 21.6 Å². The van der Waals surface area contributed by atoms with Crippen LogP contribution in [0.1, 0.15) is 5.56 Å². The van der Waals surface area contributed by atoms with Gasteiger partial charge in [-0.05, 0) is 24.6 Å². The van der Waals surface area contributed by atoms with Crippen molar-refractivity contribution in [3.8, 4) is 0 Å². The molecule has 0 fully saturated rings. The number of rotatable bonds is 1. The van der Waals surface area contributed by atoms with Crippen LogP contribution < -0.4 is 0 Å². The summed E-state index contributed by atoms with van der Waals surface area (Å²) in [6.45, 7) is 0.858. The Labute approximate surface area is 99.0 Å². The summed E-state index contributed by atoms with van der Waals surface area (Å²) in [7, 11) is 0. The Balaban J connectivity index is 2.57. The Bertz CT molecular complexity index is 528. The first-order valence-corrected chi connectivity index (χ1v) is 5.48. The van der Waals surface area contributed by atoms with Gasteiger partial charge in [-0.3, -0.25) is 0 Å². The number of halogens is 4. The van der Waals surface area contributed by atoms with Crippen LogP contribution in [0, 0.1) is 6.92 Å². The largest absolute Gasteiger partial charge is 0.406 e.